The third-order valence-electron chi connectivity index (χ3n) is 14.5. The van der Waals surface area contributed by atoms with Crippen LogP contribution in [0, 0.1) is 23.7 Å². The first-order valence-corrected chi connectivity index (χ1v) is 27.0. The molecular weight excluding hydrogens is 1000 g/mol. The monoisotopic (exact) mass is 1090 g/mol. The van der Waals surface area contributed by atoms with Crippen molar-refractivity contribution in [1.29, 1.82) is 0 Å². The van der Waals surface area contributed by atoms with Gasteiger partial charge in [-0.2, -0.15) is 0 Å². The Kier molecular flexibility index (Phi) is 26.1. The number of carbonyl (C=O) groups is 9. The summed E-state index contributed by atoms with van der Waals surface area (Å²) in [6.07, 6.45) is -0.401. The van der Waals surface area contributed by atoms with E-state index in [1.165, 1.54) is 45.0 Å². The number of benzene rings is 2. The van der Waals surface area contributed by atoms with Crippen molar-refractivity contribution in [3.63, 3.8) is 0 Å². The van der Waals surface area contributed by atoms with Crippen molar-refractivity contribution in [2.75, 3.05) is 33.1 Å². The van der Waals surface area contributed by atoms with Crippen molar-refractivity contribution in [3.05, 3.63) is 65.7 Å². The average Bonchev–Trinajstić information content (AvgIpc) is 3.86. The Balaban J connectivity index is 1.66. The van der Waals surface area contributed by atoms with E-state index in [1.54, 1.807) is 70.8 Å². The molecule has 1 aliphatic rings. The van der Waals surface area contributed by atoms with Crippen LogP contribution in [0.5, 0.6) is 0 Å². The molecule has 9 amide bonds. The van der Waals surface area contributed by atoms with E-state index >= 15 is 0 Å². The smallest absolute Gasteiger partial charge is 0.410 e. The second-order valence-electron chi connectivity index (χ2n) is 21.5. The summed E-state index contributed by atoms with van der Waals surface area (Å²) in [6, 6.07) is 8.59. The minimum Gasteiger partial charge on any atom is -0.445 e. The van der Waals surface area contributed by atoms with Crippen LogP contribution in [0.15, 0.2) is 54.6 Å². The molecule has 1 heterocycles. The van der Waals surface area contributed by atoms with Gasteiger partial charge in [0.15, 0.2) is 0 Å². The van der Waals surface area contributed by atoms with Gasteiger partial charge < -0.3 is 62.4 Å². The number of aliphatic hydroxyl groups excluding tert-OH is 1. The Hall–Kier alpha value is -6.65. The molecule has 0 aliphatic carbocycles. The Morgan fingerprint density at radius 2 is 1.38 bits per heavy atom. The summed E-state index contributed by atoms with van der Waals surface area (Å²) in [5.41, 5.74) is 12.4. The highest BCUT2D eigenvalue weighted by atomic mass is 16.6. The molecule has 22 heteroatoms. The van der Waals surface area contributed by atoms with Crippen molar-refractivity contribution in [2.45, 2.75) is 175 Å². The number of likely N-dealkylation sites (N-methyl/N-ethyl adjacent to an activating group) is 2. The fraction of sp³-hybridized carbons (Fsp3) is 0.625. The van der Waals surface area contributed by atoms with E-state index in [1.807, 2.05) is 43.9 Å². The van der Waals surface area contributed by atoms with Gasteiger partial charge in [0.25, 0.3) is 0 Å². The van der Waals surface area contributed by atoms with Gasteiger partial charge in [0.2, 0.25) is 47.3 Å². The van der Waals surface area contributed by atoms with Gasteiger partial charge in [0.1, 0.15) is 30.8 Å². The van der Waals surface area contributed by atoms with Gasteiger partial charge in [-0.25, -0.2) is 4.79 Å². The van der Waals surface area contributed by atoms with Gasteiger partial charge in [-0.15, -0.1) is 0 Å². The molecule has 1 aliphatic heterocycles. The Labute approximate surface area is 460 Å². The topological polar surface area (TPSA) is 314 Å². The maximum atomic E-state index is 14.6. The van der Waals surface area contributed by atoms with Crippen LogP contribution in [0.3, 0.4) is 0 Å². The minimum atomic E-state index is -1.37. The summed E-state index contributed by atoms with van der Waals surface area (Å²) in [6.45, 7) is 17.8. The zero-order chi connectivity index (χ0) is 58.7. The van der Waals surface area contributed by atoms with Crippen molar-refractivity contribution >= 4 is 59.0 Å². The van der Waals surface area contributed by atoms with E-state index in [9.17, 15) is 48.3 Å². The number of hydrogen-bond acceptors (Lipinski definition) is 13. The molecule has 0 unspecified atom stereocenters. The van der Waals surface area contributed by atoms with Gasteiger partial charge in [-0.3, -0.25) is 43.3 Å². The van der Waals surface area contributed by atoms with Crippen molar-refractivity contribution in [2.24, 2.45) is 35.1 Å². The molecule has 1 saturated heterocycles. The number of methoxy groups -OCH3 is 1. The number of nitrogens with zero attached hydrogens (tertiary/aromatic N) is 3. The molecule has 434 valence electrons. The zero-order valence-corrected chi connectivity index (χ0v) is 47.9. The Morgan fingerprint density at radius 3 is 1.94 bits per heavy atom. The molecule has 0 aromatic heterocycles. The number of amides is 9. The van der Waals surface area contributed by atoms with Crippen LogP contribution in [-0.4, -0.2) is 155 Å². The van der Waals surface area contributed by atoms with E-state index in [4.69, 9.17) is 20.9 Å². The third-order valence-corrected chi connectivity index (χ3v) is 14.5. The predicted octanol–water partition coefficient (Wildman–Crippen LogP) is 3.10. The number of likely N-dealkylation sites (tertiary alicyclic amines) is 1. The number of hydrogen-bond donors (Lipinski definition) is 8. The molecule has 3 rings (SSSR count). The lowest BCUT2D eigenvalue weighted by Gasteiger charge is -2.40. The number of aliphatic hydroxyl groups is 1. The number of rotatable bonds is 29. The lowest BCUT2D eigenvalue weighted by Crippen LogP contribution is -2.60. The van der Waals surface area contributed by atoms with E-state index < -0.39 is 120 Å². The number of nitrogens with one attached hydrogen (secondary N) is 5. The van der Waals surface area contributed by atoms with Crippen LogP contribution < -0.4 is 38.1 Å². The molecule has 2 aromatic rings. The van der Waals surface area contributed by atoms with Crippen LogP contribution in [-0.2, 0) is 54.4 Å². The van der Waals surface area contributed by atoms with Crippen molar-refractivity contribution in [3.8, 4) is 0 Å². The van der Waals surface area contributed by atoms with Gasteiger partial charge in [-0.1, -0.05) is 97.4 Å². The summed E-state index contributed by atoms with van der Waals surface area (Å²) < 4.78 is 11.6. The van der Waals surface area contributed by atoms with Crippen LogP contribution in [0.4, 0.5) is 10.5 Å². The normalized spacial score (nSPS) is 17.6. The first-order chi connectivity index (χ1) is 36.6. The molecule has 78 heavy (non-hydrogen) atoms. The highest BCUT2D eigenvalue weighted by Gasteiger charge is 2.41. The predicted molar refractivity (Wildman–Crippen MR) is 294 cm³/mol. The van der Waals surface area contributed by atoms with E-state index in [0.29, 0.717) is 30.5 Å². The van der Waals surface area contributed by atoms with Crippen LogP contribution in [0.1, 0.15) is 125 Å². The summed E-state index contributed by atoms with van der Waals surface area (Å²) in [5.74, 6) is -5.69. The zero-order valence-electron chi connectivity index (χ0n) is 47.9. The molecular formula is C56H88N10O12. The molecule has 1 fully saturated rings. The van der Waals surface area contributed by atoms with Gasteiger partial charge in [-0.05, 0) is 81.0 Å². The lowest BCUT2D eigenvalue weighted by atomic mass is 9.89. The summed E-state index contributed by atoms with van der Waals surface area (Å²) in [4.78, 5) is 124. The molecule has 22 nitrogen and oxygen atoms in total. The molecule has 0 radical (unpaired) electrons. The molecule has 2 aromatic carbocycles. The Morgan fingerprint density at radius 1 is 0.756 bits per heavy atom. The minimum absolute atomic E-state index is 0.0265. The highest BCUT2D eigenvalue weighted by Crippen LogP contribution is 2.29. The molecule has 0 saturated carbocycles. The van der Waals surface area contributed by atoms with Crippen molar-refractivity contribution < 1.29 is 57.7 Å². The number of ether oxygens (including phenoxy) is 2. The number of anilines is 1. The van der Waals surface area contributed by atoms with Crippen LogP contribution in [0.2, 0.25) is 0 Å². The van der Waals surface area contributed by atoms with Crippen molar-refractivity contribution in [1.82, 2.24) is 36.0 Å². The van der Waals surface area contributed by atoms with E-state index in [-0.39, 0.29) is 42.5 Å². The number of nitrogens with two attached hydrogens (primary N) is 2. The van der Waals surface area contributed by atoms with Gasteiger partial charge in [0, 0.05) is 45.4 Å². The molecule has 12 atom stereocenters. The lowest BCUT2D eigenvalue weighted by molar-refractivity contribution is -0.146. The summed E-state index contributed by atoms with van der Waals surface area (Å²) >= 11 is 0. The quantitative estimate of drug-likeness (QED) is 0.0582. The first kappa shape index (κ1) is 65.6. The van der Waals surface area contributed by atoms with E-state index in [0.717, 1.165) is 12.8 Å². The second kappa shape index (κ2) is 31.1. The van der Waals surface area contributed by atoms with E-state index in [2.05, 4.69) is 26.6 Å². The highest BCUT2D eigenvalue weighted by molar-refractivity contribution is 6.00. The van der Waals surface area contributed by atoms with Crippen LogP contribution >= 0.6 is 0 Å². The van der Waals surface area contributed by atoms with Gasteiger partial charge in [0.05, 0.1) is 43.2 Å². The standard InChI is InChI=1S/C56H88N10O12/c1-14-33(6)48(43(77-13)29-45(68)66-26-18-21-41(66)27-34(7)50(70)59-36(9)49(69)39-19-16-15-17-20-39)64(11)55(75)46(31(2)3)63-54(74)47(32(4)5)65(12)56(76)78-30-38-22-24-40(25-23-38)61-53(73)42(28-44(58)67)62-52(72)37(10)60-51(71)35(8)57/h15-17,19-20,22-25,31-37,41-43,46-49,69H,14,18,21,26-30,57H2,1-13H3,(H2,58,67)(H,59,70)(H,60,71)(H,61,73)(H,62,72)(H,63,74)/t33-,34+,35-,36+,37-,41-,42-,43+,46-,47-,48-,49+/m0/s1. The first-order valence-electron chi connectivity index (χ1n) is 27.0. The number of carbonyl (C=O) groups excluding carboxylic acids is 9. The summed E-state index contributed by atoms with van der Waals surface area (Å²) in [5, 5.41) is 24.1. The SMILES string of the molecule is CC[C@H](C)[C@@H]([C@@H](CC(=O)N1CCC[C@H]1C[C@@H](C)C(=O)N[C@H](C)[C@@H](O)c1ccccc1)OC)N(C)C(=O)[C@@H](NC(=O)[C@H](C(C)C)N(C)C(=O)OCc1ccc(NC(=O)[C@H](CC(N)=O)NC(=O)[C@H](C)NC(=O)[C@H](C)N)cc1)C(C)C. The largest absolute Gasteiger partial charge is 0.445 e. The number of primary amides is 1. The molecule has 10 N–H and O–H groups in total. The third kappa shape index (κ3) is 19.1. The summed E-state index contributed by atoms with van der Waals surface area (Å²) in [7, 11) is 4.58. The maximum Gasteiger partial charge on any atom is 0.410 e. The molecule has 0 bridgehead atoms. The van der Waals surface area contributed by atoms with Crippen LogP contribution in [0.25, 0.3) is 0 Å². The fourth-order valence-electron chi connectivity index (χ4n) is 9.62. The molecule has 0 spiro atoms. The van der Waals surface area contributed by atoms with Gasteiger partial charge >= 0.3 is 6.09 Å². The fourth-order valence-corrected chi connectivity index (χ4v) is 9.62. The average molecular weight is 1090 g/mol. The maximum absolute atomic E-state index is 14.6. The second-order valence-corrected chi connectivity index (χ2v) is 21.5. The Bertz CT molecular complexity index is 2340.